The summed E-state index contributed by atoms with van der Waals surface area (Å²) in [6.07, 6.45) is 4.53. The average molecular weight is 289 g/mol. The fourth-order valence-corrected chi connectivity index (χ4v) is 2.86. The van der Waals surface area contributed by atoms with Crippen LogP contribution in [0.5, 0.6) is 0 Å². The van der Waals surface area contributed by atoms with Crippen molar-refractivity contribution in [2.75, 3.05) is 25.0 Å². The van der Waals surface area contributed by atoms with Gasteiger partial charge in [0.2, 0.25) is 0 Å². The van der Waals surface area contributed by atoms with Crippen molar-refractivity contribution in [1.29, 1.82) is 0 Å². The first kappa shape index (κ1) is 15.8. The molecule has 0 aliphatic carbocycles. The number of hydrogen-bond donors (Lipinski definition) is 1. The molecule has 1 N–H and O–H groups in total. The van der Waals surface area contributed by atoms with Gasteiger partial charge in [-0.3, -0.25) is 4.79 Å². The third-order valence-corrected chi connectivity index (χ3v) is 4.24. The Labute approximate surface area is 127 Å². The van der Waals surface area contributed by atoms with Crippen LogP contribution in [-0.2, 0) is 0 Å². The van der Waals surface area contributed by atoms with Crippen LogP contribution in [0.3, 0.4) is 0 Å². The van der Waals surface area contributed by atoms with Gasteiger partial charge >= 0.3 is 0 Å². The molecule has 0 spiro atoms. The lowest BCUT2D eigenvalue weighted by Gasteiger charge is -2.31. The maximum absolute atomic E-state index is 12.6. The van der Waals surface area contributed by atoms with Crippen LogP contribution in [0.1, 0.15) is 55.6 Å². The number of hydrogen-bond acceptors (Lipinski definition) is 3. The summed E-state index contributed by atoms with van der Waals surface area (Å²) in [7, 11) is 0. The molecule has 0 atom stereocenters. The fraction of sp³-hybridized carbons (Fsp3) is 0.647. The number of amides is 1. The molecule has 4 nitrogen and oxygen atoms in total. The number of piperidine rings is 1. The number of nitrogens with zero attached hydrogens (tertiary/aromatic N) is 2. The first-order valence-corrected chi connectivity index (χ1v) is 8.15. The molecule has 0 radical (unpaired) electrons. The highest BCUT2D eigenvalue weighted by atomic mass is 16.2. The molecule has 0 unspecified atom stereocenters. The Kier molecular flexibility index (Phi) is 5.59. The molecule has 1 fully saturated rings. The molecule has 4 heteroatoms. The van der Waals surface area contributed by atoms with Gasteiger partial charge in [-0.25, -0.2) is 4.98 Å². The van der Waals surface area contributed by atoms with Crippen molar-refractivity contribution < 1.29 is 4.79 Å². The number of aryl methyl sites for hydroxylation is 1. The summed E-state index contributed by atoms with van der Waals surface area (Å²) in [5.41, 5.74) is 1.65. The van der Waals surface area contributed by atoms with E-state index in [1.807, 2.05) is 24.0 Å². The van der Waals surface area contributed by atoms with Crippen LogP contribution in [0.4, 0.5) is 5.82 Å². The molecule has 1 amide bonds. The first-order valence-electron chi connectivity index (χ1n) is 8.15. The third kappa shape index (κ3) is 4.19. The van der Waals surface area contributed by atoms with Crippen LogP contribution in [0.2, 0.25) is 0 Å². The van der Waals surface area contributed by atoms with Gasteiger partial charge in [0.25, 0.3) is 5.91 Å². The van der Waals surface area contributed by atoms with Gasteiger partial charge in [-0.2, -0.15) is 0 Å². The van der Waals surface area contributed by atoms with Gasteiger partial charge in [0.1, 0.15) is 5.82 Å². The van der Waals surface area contributed by atoms with E-state index in [9.17, 15) is 4.79 Å². The minimum atomic E-state index is 0.148. The van der Waals surface area contributed by atoms with Gasteiger partial charge in [-0.15, -0.1) is 0 Å². The van der Waals surface area contributed by atoms with E-state index in [1.54, 1.807) is 0 Å². The standard InChI is InChI=1S/C17H27N3O/c1-4-8-18-16-12-15(11-13(3)19-16)17(21)20-9-6-14(5-2)7-10-20/h11-12,14H,4-10H2,1-3H3,(H,18,19). The zero-order chi connectivity index (χ0) is 15.2. The molecular formula is C17H27N3O. The largest absolute Gasteiger partial charge is 0.370 e. The molecule has 2 rings (SSSR count). The van der Waals surface area contributed by atoms with Crippen LogP contribution in [0.15, 0.2) is 12.1 Å². The molecular weight excluding hydrogens is 262 g/mol. The number of carbonyl (C=O) groups excluding carboxylic acids is 1. The van der Waals surface area contributed by atoms with Crippen molar-refractivity contribution in [2.45, 2.75) is 46.5 Å². The average Bonchev–Trinajstić information content (AvgIpc) is 2.51. The summed E-state index contributed by atoms with van der Waals surface area (Å²) >= 11 is 0. The summed E-state index contributed by atoms with van der Waals surface area (Å²) in [6.45, 7) is 8.95. The van der Waals surface area contributed by atoms with Crippen LogP contribution >= 0.6 is 0 Å². The molecule has 116 valence electrons. The predicted octanol–water partition coefficient (Wildman–Crippen LogP) is 3.47. The number of nitrogens with one attached hydrogen (secondary N) is 1. The Morgan fingerprint density at radius 2 is 2.05 bits per heavy atom. The topological polar surface area (TPSA) is 45.2 Å². The predicted molar refractivity (Wildman–Crippen MR) is 86.7 cm³/mol. The lowest BCUT2D eigenvalue weighted by Crippen LogP contribution is -2.38. The minimum absolute atomic E-state index is 0.148. The van der Waals surface area contributed by atoms with Crippen LogP contribution in [0.25, 0.3) is 0 Å². The second kappa shape index (κ2) is 7.43. The Hall–Kier alpha value is -1.58. The van der Waals surface area contributed by atoms with Crippen molar-refractivity contribution in [2.24, 2.45) is 5.92 Å². The van der Waals surface area contributed by atoms with E-state index < -0.39 is 0 Å². The van der Waals surface area contributed by atoms with Crippen molar-refractivity contribution in [1.82, 2.24) is 9.88 Å². The van der Waals surface area contributed by atoms with E-state index in [0.717, 1.165) is 61.9 Å². The molecule has 1 aliphatic rings. The van der Waals surface area contributed by atoms with E-state index in [1.165, 1.54) is 6.42 Å². The molecule has 1 aromatic heterocycles. The second-order valence-electron chi connectivity index (χ2n) is 5.95. The highest BCUT2D eigenvalue weighted by Crippen LogP contribution is 2.22. The fourth-order valence-electron chi connectivity index (χ4n) is 2.86. The van der Waals surface area contributed by atoms with Gasteiger partial charge in [-0.1, -0.05) is 20.3 Å². The number of carbonyl (C=O) groups is 1. The Morgan fingerprint density at radius 3 is 2.67 bits per heavy atom. The zero-order valence-corrected chi connectivity index (χ0v) is 13.5. The smallest absolute Gasteiger partial charge is 0.254 e. The number of anilines is 1. The van der Waals surface area contributed by atoms with Crippen LogP contribution in [-0.4, -0.2) is 35.4 Å². The van der Waals surface area contributed by atoms with Crippen molar-refractivity contribution in [3.63, 3.8) is 0 Å². The van der Waals surface area contributed by atoms with Crippen LogP contribution < -0.4 is 5.32 Å². The summed E-state index contributed by atoms with van der Waals surface area (Å²) in [6, 6.07) is 3.78. The third-order valence-electron chi connectivity index (χ3n) is 4.24. The van der Waals surface area contributed by atoms with E-state index >= 15 is 0 Å². The molecule has 21 heavy (non-hydrogen) atoms. The summed E-state index contributed by atoms with van der Waals surface area (Å²) in [4.78, 5) is 19.1. The Balaban J connectivity index is 2.06. The lowest BCUT2D eigenvalue weighted by atomic mass is 9.94. The molecule has 2 heterocycles. The number of likely N-dealkylation sites (tertiary alicyclic amines) is 1. The summed E-state index contributed by atoms with van der Waals surface area (Å²) in [5, 5.41) is 3.27. The normalized spacial score (nSPS) is 16.0. The van der Waals surface area contributed by atoms with E-state index in [0.29, 0.717) is 0 Å². The number of rotatable bonds is 5. The van der Waals surface area contributed by atoms with Gasteiger partial charge in [0.05, 0.1) is 0 Å². The molecule has 0 saturated carbocycles. The minimum Gasteiger partial charge on any atom is -0.370 e. The molecule has 0 aromatic carbocycles. The Bertz CT molecular complexity index is 479. The highest BCUT2D eigenvalue weighted by molar-refractivity contribution is 5.95. The number of pyridine rings is 1. The van der Waals surface area contributed by atoms with Gasteiger partial charge in [0.15, 0.2) is 0 Å². The molecule has 1 saturated heterocycles. The van der Waals surface area contributed by atoms with Gasteiger partial charge in [-0.05, 0) is 44.2 Å². The molecule has 0 bridgehead atoms. The maximum atomic E-state index is 12.6. The molecule has 1 aromatic rings. The van der Waals surface area contributed by atoms with E-state index in [2.05, 4.69) is 24.1 Å². The monoisotopic (exact) mass is 289 g/mol. The summed E-state index contributed by atoms with van der Waals surface area (Å²) in [5.74, 6) is 1.74. The van der Waals surface area contributed by atoms with E-state index in [4.69, 9.17) is 0 Å². The zero-order valence-electron chi connectivity index (χ0n) is 13.5. The highest BCUT2D eigenvalue weighted by Gasteiger charge is 2.23. The Morgan fingerprint density at radius 1 is 1.33 bits per heavy atom. The SMILES string of the molecule is CCCNc1cc(C(=O)N2CCC(CC)CC2)cc(C)n1. The van der Waals surface area contributed by atoms with Gasteiger partial charge < -0.3 is 10.2 Å². The maximum Gasteiger partial charge on any atom is 0.254 e. The van der Waals surface area contributed by atoms with Crippen LogP contribution in [0, 0.1) is 12.8 Å². The quantitative estimate of drug-likeness (QED) is 0.902. The lowest BCUT2D eigenvalue weighted by molar-refractivity contribution is 0.0688. The molecule has 1 aliphatic heterocycles. The number of aromatic nitrogens is 1. The second-order valence-corrected chi connectivity index (χ2v) is 5.95. The van der Waals surface area contributed by atoms with E-state index in [-0.39, 0.29) is 5.91 Å². The van der Waals surface area contributed by atoms with Crippen molar-refractivity contribution in [3.05, 3.63) is 23.4 Å². The van der Waals surface area contributed by atoms with Crippen molar-refractivity contribution in [3.8, 4) is 0 Å². The van der Waals surface area contributed by atoms with Gasteiger partial charge in [0, 0.05) is 30.9 Å². The van der Waals surface area contributed by atoms with Crippen molar-refractivity contribution >= 4 is 11.7 Å². The summed E-state index contributed by atoms with van der Waals surface area (Å²) < 4.78 is 0. The first-order chi connectivity index (χ1) is 10.1.